The van der Waals surface area contributed by atoms with Crippen LogP contribution >= 0.6 is 0 Å². The van der Waals surface area contributed by atoms with Gasteiger partial charge in [0, 0.05) is 19.6 Å². The highest BCUT2D eigenvalue weighted by molar-refractivity contribution is 5.78. The number of aliphatic carboxylic acids is 1. The molecule has 0 aromatic carbocycles. The van der Waals surface area contributed by atoms with Crippen LogP contribution in [0.25, 0.3) is 0 Å². The van der Waals surface area contributed by atoms with Crippen LogP contribution in [0.5, 0.6) is 0 Å². The molecule has 7 heteroatoms. The summed E-state index contributed by atoms with van der Waals surface area (Å²) in [5.41, 5.74) is 0. The molecule has 2 amide bonds. The van der Waals surface area contributed by atoms with Gasteiger partial charge in [-0.3, -0.25) is 9.59 Å². The molecule has 0 aliphatic carbocycles. The summed E-state index contributed by atoms with van der Waals surface area (Å²) in [7, 11) is 1.33. The largest absolute Gasteiger partial charge is 0.481 e. The van der Waals surface area contributed by atoms with E-state index in [9.17, 15) is 14.4 Å². The van der Waals surface area contributed by atoms with Gasteiger partial charge in [0.1, 0.15) is 0 Å². The molecule has 1 aliphatic heterocycles. The van der Waals surface area contributed by atoms with Crippen LogP contribution in [0.3, 0.4) is 0 Å². The van der Waals surface area contributed by atoms with Crippen molar-refractivity contribution in [3.63, 3.8) is 0 Å². The number of carbonyl (C=O) groups excluding carboxylic acids is 2. The van der Waals surface area contributed by atoms with Crippen molar-refractivity contribution in [3.05, 3.63) is 0 Å². The van der Waals surface area contributed by atoms with Crippen molar-refractivity contribution in [2.45, 2.75) is 26.7 Å². The molecule has 1 saturated heterocycles. The Bertz CT molecular complexity index is 397. The summed E-state index contributed by atoms with van der Waals surface area (Å²) in [6.07, 6.45) is 1.44. The molecule has 7 nitrogen and oxygen atoms in total. The van der Waals surface area contributed by atoms with Crippen LogP contribution in [0.4, 0.5) is 4.79 Å². The van der Waals surface area contributed by atoms with Crippen LogP contribution in [-0.2, 0) is 14.3 Å². The number of nitrogens with one attached hydrogen (secondary N) is 1. The summed E-state index contributed by atoms with van der Waals surface area (Å²) in [5.74, 6) is -2.20. The zero-order valence-electron chi connectivity index (χ0n) is 12.8. The number of rotatable bonds is 5. The van der Waals surface area contributed by atoms with Gasteiger partial charge in [-0.05, 0) is 18.8 Å². The quantitative estimate of drug-likeness (QED) is 0.737. The smallest absolute Gasteiger partial charge is 0.317 e. The number of carbonyl (C=O) groups is 3. The highest BCUT2D eigenvalue weighted by Gasteiger charge is 2.30. The number of amides is 2. The number of carboxylic acids is 1. The van der Waals surface area contributed by atoms with E-state index < -0.39 is 11.9 Å². The molecular formula is C14H24N2O5. The van der Waals surface area contributed by atoms with Gasteiger partial charge in [0.25, 0.3) is 0 Å². The molecule has 1 fully saturated rings. The van der Waals surface area contributed by atoms with Gasteiger partial charge in [-0.15, -0.1) is 0 Å². The second kappa shape index (κ2) is 7.85. The number of methoxy groups -OCH3 is 1. The maximum atomic E-state index is 12.1. The number of piperidine rings is 1. The highest BCUT2D eigenvalue weighted by atomic mass is 16.5. The number of likely N-dealkylation sites (tertiary alicyclic amines) is 1. The lowest BCUT2D eigenvalue weighted by Crippen LogP contribution is -2.49. The third kappa shape index (κ3) is 4.91. The monoisotopic (exact) mass is 300 g/mol. The van der Waals surface area contributed by atoms with Crippen molar-refractivity contribution >= 4 is 18.0 Å². The average molecular weight is 300 g/mol. The fourth-order valence-corrected chi connectivity index (χ4v) is 2.44. The molecule has 2 atom stereocenters. The summed E-state index contributed by atoms with van der Waals surface area (Å²) in [4.78, 5) is 36.2. The summed E-state index contributed by atoms with van der Waals surface area (Å²) in [6, 6.07) is -0.324. The number of ether oxygens (including phenoxy) is 1. The topological polar surface area (TPSA) is 95.9 Å². The van der Waals surface area contributed by atoms with Crippen LogP contribution in [0, 0.1) is 17.8 Å². The fraction of sp³-hybridized carbons (Fsp3) is 0.786. The molecule has 0 aromatic rings. The van der Waals surface area contributed by atoms with Crippen molar-refractivity contribution < 1.29 is 24.2 Å². The second-order valence-electron chi connectivity index (χ2n) is 5.68. The Morgan fingerprint density at radius 2 is 2.05 bits per heavy atom. The van der Waals surface area contributed by atoms with E-state index >= 15 is 0 Å². The maximum Gasteiger partial charge on any atom is 0.317 e. The first-order valence-electron chi connectivity index (χ1n) is 7.20. The van der Waals surface area contributed by atoms with Crippen molar-refractivity contribution in [1.82, 2.24) is 10.2 Å². The second-order valence-corrected chi connectivity index (χ2v) is 5.68. The van der Waals surface area contributed by atoms with Crippen LogP contribution in [0.2, 0.25) is 0 Å². The molecule has 120 valence electrons. The van der Waals surface area contributed by atoms with Gasteiger partial charge in [0.15, 0.2) is 0 Å². The van der Waals surface area contributed by atoms with E-state index in [1.54, 1.807) is 18.7 Å². The lowest BCUT2D eigenvalue weighted by Gasteiger charge is -2.31. The van der Waals surface area contributed by atoms with Crippen molar-refractivity contribution in [2.24, 2.45) is 17.8 Å². The predicted molar refractivity (Wildman–Crippen MR) is 75.7 cm³/mol. The zero-order chi connectivity index (χ0) is 16.0. The summed E-state index contributed by atoms with van der Waals surface area (Å²) in [5, 5.41) is 11.7. The Hall–Kier alpha value is -1.79. The molecule has 0 bridgehead atoms. The molecule has 21 heavy (non-hydrogen) atoms. The standard InChI is InChI=1S/C14H24N2O5/c1-9(2)11(12(17)18)7-15-14(20)16-6-4-5-10(8-16)13(19)21-3/h9-11H,4-8H2,1-3H3,(H,15,20)(H,17,18). The first-order valence-corrected chi connectivity index (χ1v) is 7.20. The molecule has 2 unspecified atom stereocenters. The molecule has 0 aromatic heterocycles. The minimum atomic E-state index is -0.920. The van der Waals surface area contributed by atoms with E-state index in [1.807, 2.05) is 0 Å². The predicted octanol–water partition coefficient (Wildman–Crippen LogP) is 0.938. The van der Waals surface area contributed by atoms with Gasteiger partial charge < -0.3 is 20.1 Å². The Balaban J connectivity index is 2.51. The third-order valence-electron chi connectivity index (χ3n) is 3.84. The van der Waals surface area contributed by atoms with E-state index in [4.69, 9.17) is 9.84 Å². The SMILES string of the molecule is COC(=O)C1CCCN(C(=O)NCC(C(=O)O)C(C)C)C1. The number of carboxylic acid groups (broad SMARTS) is 1. The Morgan fingerprint density at radius 3 is 2.57 bits per heavy atom. The number of hydrogen-bond acceptors (Lipinski definition) is 4. The number of esters is 1. The lowest BCUT2D eigenvalue weighted by molar-refractivity contribution is -0.147. The average Bonchev–Trinajstić information content (AvgIpc) is 2.45. The Labute approximate surface area is 124 Å². The van der Waals surface area contributed by atoms with Gasteiger partial charge >= 0.3 is 18.0 Å². The van der Waals surface area contributed by atoms with Crippen molar-refractivity contribution in [2.75, 3.05) is 26.7 Å². The Morgan fingerprint density at radius 1 is 1.38 bits per heavy atom. The molecule has 0 saturated carbocycles. The van der Waals surface area contributed by atoms with Crippen LogP contribution in [-0.4, -0.2) is 54.7 Å². The highest BCUT2D eigenvalue weighted by Crippen LogP contribution is 2.18. The van der Waals surface area contributed by atoms with Crippen molar-refractivity contribution in [1.29, 1.82) is 0 Å². The number of hydrogen-bond donors (Lipinski definition) is 2. The molecule has 2 N–H and O–H groups in total. The Kier molecular flexibility index (Phi) is 6.45. The molecule has 1 heterocycles. The van der Waals surface area contributed by atoms with Crippen molar-refractivity contribution in [3.8, 4) is 0 Å². The van der Waals surface area contributed by atoms with E-state index in [2.05, 4.69) is 5.32 Å². The molecule has 0 radical (unpaired) electrons. The maximum absolute atomic E-state index is 12.1. The van der Waals surface area contributed by atoms with Gasteiger partial charge in [-0.25, -0.2) is 4.79 Å². The summed E-state index contributed by atoms with van der Waals surface area (Å²) in [6.45, 7) is 4.58. The molecule has 1 rings (SSSR count). The normalized spacial score (nSPS) is 20.0. The number of nitrogens with zero attached hydrogens (tertiary/aromatic N) is 1. The first-order chi connectivity index (χ1) is 9.86. The van der Waals surface area contributed by atoms with Crippen LogP contribution in [0.15, 0.2) is 0 Å². The van der Waals surface area contributed by atoms with E-state index in [1.165, 1.54) is 7.11 Å². The van der Waals surface area contributed by atoms with Gasteiger partial charge in [0.2, 0.25) is 0 Å². The van der Waals surface area contributed by atoms with Gasteiger partial charge in [-0.2, -0.15) is 0 Å². The van der Waals surface area contributed by atoms with Crippen LogP contribution in [0.1, 0.15) is 26.7 Å². The van der Waals surface area contributed by atoms with E-state index in [0.29, 0.717) is 19.5 Å². The minimum Gasteiger partial charge on any atom is -0.481 e. The third-order valence-corrected chi connectivity index (χ3v) is 3.84. The van der Waals surface area contributed by atoms with Crippen LogP contribution < -0.4 is 5.32 Å². The molecular weight excluding hydrogens is 276 g/mol. The first kappa shape index (κ1) is 17.3. The van der Waals surface area contributed by atoms with E-state index in [0.717, 1.165) is 6.42 Å². The zero-order valence-corrected chi connectivity index (χ0v) is 12.8. The van der Waals surface area contributed by atoms with Gasteiger partial charge in [-0.1, -0.05) is 13.8 Å². The van der Waals surface area contributed by atoms with Gasteiger partial charge in [0.05, 0.1) is 18.9 Å². The lowest BCUT2D eigenvalue weighted by atomic mass is 9.96. The summed E-state index contributed by atoms with van der Waals surface area (Å²) >= 11 is 0. The fourth-order valence-electron chi connectivity index (χ4n) is 2.44. The molecule has 0 spiro atoms. The van der Waals surface area contributed by atoms with E-state index in [-0.39, 0.29) is 30.4 Å². The molecule has 1 aliphatic rings. The number of urea groups is 1. The summed E-state index contributed by atoms with van der Waals surface area (Å²) < 4.78 is 4.70. The minimum absolute atomic E-state index is 0.0630.